The molecule has 2 aromatic carbocycles. The summed E-state index contributed by atoms with van der Waals surface area (Å²) in [5, 5.41) is 3.17. The van der Waals surface area contributed by atoms with Crippen LogP contribution in [-0.2, 0) is 11.3 Å². The Kier molecular flexibility index (Phi) is 4.52. The number of carbonyl (C=O) groups is 1. The maximum absolute atomic E-state index is 12.4. The number of carbonyl (C=O) groups excluding carboxylic acids is 1. The molecule has 128 valence electrons. The van der Waals surface area contributed by atoms with Crippen molar-refractivity contribution in [2.45, 2.75) is 26.3 Å². The van der Waals surface area contributed by atoms with Crippen molar-refractivity contribution in [1.29, 1.82) is 0 Å². The fourth-order valence-electron chi connectivity index (χ4n) is 2.72. The number of H-pyrrole nitrogens is 1. The quantitative estimate of drug-likeness (QED) is 0.767. The standard InChI is InChI=1S/C19H19N3O3/c1-12(2)13-6-5-7-14(10-13)20-17(23)11-22-16-9-4-3-8-15(16)18(24)21-19(22)25/h3-10,12H,11H2,1-2H3,(H,20,23)(H,21,24,25). The van der Waals surface area contributed by atoms with Crippen LogP contribution in [0.25, 0.3) is 10.9 Å². The Labute approximate surface area is 144 Å². The minimum absolute atomic E-state index is 0.179. The van der Waals surface area contributed by atoms with Crippen molar-refractivity contribution in [3.05, 3.63) is 74.9 Å². The predicted molar refractivity (Wildman–Crippen MR) is 98.0 cm³/mol. The van der Waals surface area contributed by atoms with Crippen LogP contribution in [0, 0.1) is 0 Å². The van der Waals surface area contributed by atoms with Crippen molar-refractivity contribution in [2.24, 2.45) is 0 Å². The van der Waals surface area contributed by atoms with E-state index in [0.29, 0.717) is 22.5 Å². The summed E-state index contributed by atoms with van der Waals surface area (Å²) in [5.74, 6) is 0.0165. The molecular formula is C19H19N3O3. The van der Waals surface area contributed by atoms with E-state index in [4.69, 9.17) is 0 Å². The Morgan fingerprint density at radius 3 is 2.64 bits per heavy atom. The molecule has 0 unspecified atom stereocenters. The van der Waals surface area contributed by atoms with Crippen molar-refractivity contribution in [1.82, 2.24) is 9.55 Å². The molecule has 0 saturated heterocycles. The number of para-hydroxylation sites is 1. The Morgan fingerprint density at radius 1 is 1.12 bits per heavy atom. The lowest BCUT2D eigenvalue weighted by atomic mass is 10.0. The predicted octanol–water partition coefficient (Wildman–Crippen LogP) is 2.45. The van der Waals surface area contributed by atoms with Gasteiger partial charge < -0.3 is 5.32 Å². The first kappa shape index (κ1) is 16.7. The van der Waals surface area contributed by atoms with Gasteiger partial charge >= 0.3 is 5.69 Å². The zero-order valence-electron chi connectivity index (χ0n) is 14.1. The highest BCUT2D eigenvalue weighted by molar-refractivity contribution is 5.91. The zero-order valence-corrected chi connectivity index (χ0v) is 14.1. The monoisotopic (exact) mass is 337 g/mol. The molecule has 0 fully saturated rings. The first-order valence-corrected chi connectivity index (χ1v) is 8.07. The Balaban J connectivity index is 1.89. The van der Waals surface area contributed by atoms with E-state index in [0.717, 1.165) is 5.56 Å². The summed E-state index contributed by atoms with van der Waals surface area (Å²) >= 11 is 0. The lowest BCUT2D eigenvalue weighted by Gasteiger charge is -2.11. The number of hydrogen-bond acceptors (Lipinski definition) is 3. The summed E-state index contributed by atoms with van der Waals surface area (Å²) < 4.78 is 1.26. The van der Waals surface area contributed by atoms with Gasteiger partial charge in [-0.05, 0) is 35.7 Å². The first-order chi connectivity index (χ1) is 12.0. The number of anilines is 1. The van der Waals surface area contributed by atoms with Gasteiger partial charge in [0.2, 0.25) is 5.91 Å². The van der Waals surface area contributed by atoms with Gasteiger partial charge in [-0.15, -0.1) is 0 Å². The van der Waals surface area contributed by atoms with Gasteiger partial charge in [0.15, 0.2) is 0 Å². The van der Waals surface area contributed by atoms with Gasteiger partial charge in [-0.25, -0.2) is 4.79 Å². The smallest absolute Gasteiger partial charge is 0.325 e. The van der Waals surface area contributed by atoms with E-state index in [9.17, 15) is 14.4 Å². The molecule has 2 N–H and O–H groups in total. The zero-order chi connectivity index (χ0) is 18.0. The SMILES string of the molecule is CC(C)c1cccc(NC(=O)Cn2c(=O)[nH]c(=O)c3ccccc32)c1. The summed E-state index contributed by atoms with van der Waals surface area (Å²) in [6.07, 6.45) is 0. The molecule has 6 heteroatoms. The number of rotatable bonds is 4. The van der Waals surface area contributed by atoms with E-state index in [2.05, 4.69) is 24.1 Å². The molecule has 1 aromatic heterocycles. The number of benzene rings is 2. The molecule has 0 aliphatic heterocycles. The fraction of sp³-hybridized carbons (Fsp3) is 0.211. The molecule has 3 rings (SSSR count). The molecule has 3 aromatic rings. The molecule has 0 aliphatic rings. The lowest BCUT2D eigenvalue weighted by Crippen LogP contribution is -2.34. The van der Waals surface area contributed by atoms with Crippen LogP contribution in [0.1, 0.15) is 25.3 Å². The Hall–Kier alpha value is -3.15. The second-order valence-corrected chi connectivity index (χ2v) is 6.19. The number of nitrogens with one attached hydrogen (secondary N) is 2. The largest absolute Gasteiger partial charge is 0.329 e. The molecule has 0 bridgehead atoms. The third-order valence-electron chi connectivity index (χ3n) is 4.04. The number of amides is 1. The van der Waals surface area contributed by atoms with E-state index >= 15 is 0 Å². The van der Waals surface area contributed by atoms with Gasteiger partial charge in [0, 0.05) is 5.69 Å². The maximum atomic E-state index is 12.4. The van der Waals surface area contributed by atoms with Crippen molar-refractivity contribution in [2.75, 3.05) is 5.32 Å². The average Bonchev–Trinajstić information content (AvgIpc) is 2.59. The summed E-state index contributed by atoms with van der Waals surface area (Å²) in [6, 6.07) is 14.3. The highest BCUT2D eigenvalue weighted by Crippen LogP contribution is 2.18. The van der Waals surface area contributed by atoms with Gasteiger partial charge in [0.1, 0.15) is 6.54 Å². The summed E-state index contributed by atoms with van der Waals surface area (Å²) in [7, 11) is 0. The normalized spacial score (nSPS) is 11.0. The van der Waals surface area contributed by atoms with E-state index in [-0.39, 0.29) is 12.5 Å². The molecular weight excluding hydrogens is 318 g/mol. The first-order valence-electron chi connectivity index (χ1n) is 8.07. The van der Waals surface area contributed by atoms with Crippen molar-refractivity contribution in [3.63, 3.8) is 0 Å². The number of hydrogen-bond donors (Lipinski definition) is 2. The molecule has 0 saturated carbocycles. The van der Waals surface area contributed by atoms with Crippen molar-refractivity contribution >= 4 is 22.5 Å². The number of aromatic nitrogens is 2. The van der Waals surface area contributed by atoms with E-state index in [1.807, 2.05) is 18.2 Å². The molecule has 25 heavy (non-hydrogen) atoms. The minimum atomic E-state index is -0.602. The van der Waals surface area contributed by atoms with Crippen LogP contribution in [0.3, 0.4) is 0 Å². The van der Waals surface area contributed by atoms with Gasteiger partial charge in [0.05, 0.1) is 10.9 Å². The number of aromatic amines is 1. The van der Waals surface area contributed by atoms with Gasteiger partial charge in [-0.1, -0.05) is 38.1 Å². The minimum Gasteiger partial charge on any atom is -0.325 e. The van der Waals surface area contributed by atoms with Gasteiger partial charge in [-0.3, -0.25) is 19.1 Å². The third kappa shape index (κ3) is 3.52. The number of fused-ring (bicyclic) bond motifs is 1. The van der Waals surface area contributed by atoms with Crippen molar-refractivity contribution < 1.29 is 4.79 Å². The Bertz CT molecular complexity index is 1050. The van der Waals surface area contributed by atoms with Crippen molar-refractivity contribution in [3.8, 4) is 0 Å². The molecule has 0 radical (unpaired) electrons. The third-order valence-corrected chi connectivity index (χ3v) is 4.04. The molecule has 1 heterocycles. The van der Waals surface area contributed by atoms with Gasteiger partial charge in [-0.2, -0.15) is 0 Å². The summed E-state index contributed by atoms with van der Waals surface area (Å²) in [5.41, 5.74) is 1.17. The van der Waals surface area contributed by atoms with Crippen LogP contribution in [-0.4, -0.2) is 15.5 Å². The molecule has 0 atom stereocenters. The molecule has 1 amide bonds. The average molecular weight is 337 g/mol. The second kappa shape index (κ2) is 6.76. The van der Waals surface area contributed by atoms with Crippen LogP contribution in [0.2, 0.25) is 0 Å². The molecule has 0 spiro atoms. The Morgan fingerprint density at radius 2 is 1.88 bits per heavy atom. The van der Waals surface area contributed by atoms with E-state index < -0.39 is 11.2 Å². The summed E-state index contributed by atoms with van der Waals surface area (Å²) in [4.78, 5) is 38.6. The highest BCUT2D eigenvalue weighted by Gasteiger charge is 2.11. The second-order valence-electron chi connectivity index (χ2n) is 6.19. The van der Waals surface area contributed by atoms with Crippen LogP contribution in [0.4, 0.5) is 5.69 Å². The number of nitrogens with zero attached hydrogens (tertiary/aromatic N) is 1. The lowest BCUT2D eigenvalue weighted by molar-refractivity contribution is -0.116. The topological polar surface area (TPSA) is 84.0 Å². The van der Waals surface area contributed by atoms with E-state index in [1.165, 1.54) is 4.57 Å². The molecule has 6 nitrogen and oxygen atoms in total. The fourth-order valence-corrected chi connectivity index (χ4v) is 2.72. The highest BCUT2D eigenvalue weighted by atomic mass is 16.2. The van der Waals surface area contributed by atoms with E-state index in [1.54, 1.807) is 30.3 Å². The van der Waals surface area contributed by atoms with Crippen LogP contribution in [0.5, 0.6) is 0 Å². The van der Waals surface area contributed by atoms with Crippen LogP contribution in [0.15, 0.2) is 58.1 Å². The van der Waals surface area contributed by atoms with Crippen LogP contribution >= 0.6 is 0 Å². The van der Waals surface area contributed by atoms with Gasteiger partial charge in [0.25, 0.3) is 5.56 Å². The molecule has 0 aliphatic carbocycles. The van der Waals surface area contributed by atoms with Crippen LogP contribution < -0.4 is 16.6 Å². The maximum Gasteiger partial charge on any atom is 0.329 e. The summed E-state index contributed by atoms with van der Waals surface area (Å²) in [6.45, 7) is 3.97.